The molecule has 0 fully saturated rings. The van der Waals surface area contributed by atoms with Gasteiger partial charge in [-0.2, -0.15) is 5.10 Å². The molecule has 1 rings (SSSR count). The van der Waals surface area contributed by atoms with Crippen LogP contribution in [-0.4, -0.2) is 44.7 Å². The summed E-state index contributed by atoms with van der Waals surface area (Å²) in [6.07, 6.45) is 1.92. The van der Waals surface area contributed by atoms with Gasteiger partial charge in [0.25, 0.3) is 5.91 Å². The molecular weight excluding hydrogens is 222 g/mol. The maximum Gasteiger partial charge on any atom is 0.255 e. The number of aliphatic hydroxyl groups is 2. The predicted molar refractivity (Wildman–Crippen MR) is 62.6 cm³/mol. The fraction of sp³-hybridized carbons (Fsp3) is 0.636. The summed E-state index contributed by atoms with van der Waals surface area (Å²) < 4.78 is 1.60. The van der Waals surface area contributed by atoms with Gasteiger partial charge >= 0.3 is 0 Å². The Balaban J connectivity index is 2.88. The van der Waals surface area contributed by atoms with E-state index in [1.54, 1.807) is 25.6 Å². The highest BCUT2D eigenvalue weighted by molar-refractivity contribution is 5.95. The molecule has 0 aliphatic carbocycles. The van der Waals surface area contributed by atoms with Crippen molar-refractivity contribution in [1.82, 2.24) is 15.1 Å². The highest BCUT2D eigenvalue weighted by Gasteiger charge is 2.29. The first-order chi connectivity index (χ1) is 7.99. The van der Waals surface area contributed by atoms with Crippen LogP contribution in [0, 0.1) is 6.92 Å². The highest BCUT2D eigenvalue weighted by Crippen LogP contribution is 2.12. The predicted octanol–water partition coefficient (Wildman–Crippen LogP) is -0.408. The Morgan fingerprint density at radius 3 is 2.47 bits per heavy atom. The molecule has 6 heteroatoms. The molecule has 0 aliphatic heterocycles. The van der Waals surface area contributed by atoms with E-state index in [9.17, 15) is 15.0 Å². The van der Waals surface area contributed by atoms with Crippen molar-refractivity contribution in [2.75, 3.05) is 13.2 Å². The number of carbonyl (C=O) groups is 1. The van der Waals surface area contributed by atoms with Crippen LogP contribution < -0.4 is 5.32 Å². The number of nitrogens with zero attached hydrogens (tertiary/aromatic N) is 2. The Labute approximate surface area is 100 Å². The van der Waals surface area contributed by atoms with Crippen LogP contribution in [0.5, 0.6) is 0 Å². The third-order valence-electron chi connectivity index (χ3n) is 3.14. The number of amides is 1. The highest BCUT2D eigenvalue weighted by atomic mass is 16.3. The van der Waals surface area contributed by atoms with Gasteiger partial charge in [0.05, 0.1) is 30.5 Å². The lowest BCUT2D eigenvalue weighted by Crippen LogP contribution is -2.53. The number of rotatable bonds is 5. The number of nitrogens with one attached hydrogen (secondary N) is 1. The van der Waals surface area contributed by atoms with Gasteiger partial charge in [-0.15, -0.1) is 0 Å². The molecule has 0 spiro atoms. The van der Waals surface area contributed by atoms with E-state index in [2.05, 4.69) is 10.4 Å². The van der Waals surface area contributed by atoms with Crippen molar-refractivity contribution < 1.29 is 15.0 Å². The van der Waals surface area contributed by atoms with Gasteiger partial charge in [0, 0.05) is 12.7 Å². The lowest BCUT2D eigenvalue weighted by atomic mass is 9.98. The van der Waals surface area contributed by atoms with Gasteiger partial charge in [-0.1, -0.05) is 6.92 Å². The van der Waals surface area contributed by atoms with Crippen molar-refractivity contribution in [2.45, 2.75) is 25.8 Å². The Hall–Kier alpha value is -1.40. The van der Waals surface area contributed by atoms with Crippen molar-refractivity contribution >= 4 is 5.91 Å². The molecule has 0 bridgehead atoms. The van der Waals surface area contributed by atoms with Gasteiger partial charge in [0.2, 0.25) is 0 Å². The van der Waals surface area contributed by atoms with Crippen LogP contribution in [0.1, 0.15) is 29.4 Å². The number of hydrogen-bond acceptors (Lipinski definition) is 4. The van der Waals surface area contributed by atoms with Gasteiger partial charge in [-0.25, -0.2) is 0 Å². The summed E-state index contributed by atoms with van der Waals surface area (Å²) in [4.78, 5) is 12.0. The molecule has 6 nitrogen and oxygen atoms in total. The van der Waals surface area contributed by atoms with Gasteiger partial charge in [-0.05, 0) is 13.3 Å². The molecule has 0 atom stereocenters. The van der Waals surface area contributed by atoms with Crippen LogP contribution in [0.15, 0.2) is 6.20 Å². The van der Waals surface area contributed by atoms with E-state index >= 15 is 0 Å². The average molecular weight is 241 g/mol. The molecule has 0 radical (unpaired) electrons. The van der Waals surface area contributed by atoms with Crippen molar-refractivity contribution in [3.8, 4) is 0 Å². The van der Waals surface area contributed by atoms with E-state index in [0.29, 0.717) is 12.0 Å². The van der Waals surface area contributed by atoms with Crippen LogP contribution in [0.2, 0.25) is 0 Å². The van der Waals surface area contributed by atoms with Gasteiger partial charge in [-0.3, -0.25) is 9.48 Å². The molecule has 1 aromatic rings. The summed E-state index contributed by atoms with van der Waals surface area (Å²) in [5, 5.41) is 25.1. The minimum absolute atomic E-state index is 0.301. The van der Waals surface area contributed by atoms with Gasteiger partial charge in [0.15, 0.2) is 0 Å². The van der Waals surface area contributed by atoms with Crippen LogP contribution in [-0.2, 0) is 7.05 Å². The zero-order chi connectivity index (χ0) is 13.1. The molecule has 17 heavy (non-hydrogen) atoms. The molecule has 3 N–H and O–H groups in total. The van der Waals surface area contributed by atoms with E-state index in [0.717, 1.165) is 5.69 Å². The van der Waals surface area contributed by atoms with Crippen LogP contribution in [0.4, 0.5) is 0 Å². The first-order valence-electron chi connectivity index (χ1n) is 5.52. The second-order valence-electron chi connectivity index (χ2n) is 4.17. The fourth-order valence-electron chi connectivity index (χ4n) is 1.47. The SMILES string of the molecule is CCC(CO)(CO)NC(=O)c1cnn(C)c1C. The quantitative estimate of drug-likeness (QED) is 0.654. The first kappa shape index (κ1) is 13.7. The standard InChI is InChI=1S/C11H19N3O3/c1-4-11(6-15,7-16)13-10(17)9-5-12-14(3)8(9)2/h5,15-16H,4,6-7H2,1-3H3,(H,13,17). The topological polar surface area (TPSA) is 87.4 Å². The largest absolute Gasteiger partial charge is 0.394 e. The monoisotopic (exact) mass is 241 g/mol. The lowest BCUT2D eigenvalue weighted by Gasteiger charge is -2.29. The molecular formula is C11H19N3O3. The molecule has 1 aromatic heterocycles. The van der Waals surface area contributed by atoms with Crippen molar-refractivity contribution in [3.63, 3.8) is 0 Å². The van der Waals surface area contributed by atoms with Crippen LogP contribution in [0.25, 0.3) is 0 Å². The average Bonchev–Trinajstić information content (AvgIpc) is 2.67. The Morgan fingerprint density at radius 1 is 1.53 bits per heavy atom. The normalized spacial score (nSPS) is 11.6. The van der Waals surface area contributed by atoms with Crippen molar-refractivity contribution in [1.29, 1.82) is 0 Å². The van der Waals surface area contributed by atoms with Gasteiger partial charge < -0.3 is 15.5 Å². The summed E-state index contributed by atoms with van der Waals surface area (Å²) in [6, 6.07) is 0. The third-order valence-corrected chi connectivity index (χ3v) is 3.14. The van der Waals surface area contributed by atoms with E-state index in [1.807, 2.05) is 0 Å². The molecule has 96 valence electrons. The maximum atomic E-state index is 12.0. The molecule has 0 aliphatic rings. The van der Waals surface area contributed by atoms with Crippen molar-refractivity contribution in [2.24, 2.45) is 7.05 Å². The minimum Gasteiger partial charge on any atom is -0.394 e. The summed E-state index contributed by atoms with van der Waals surface area (Å²) in [5.41, 5.74) is 0.218. The Morgan fingerprint density at radius 2 is 2.12 bits per heavy atom. The number of aromatic nitrogens is 2. The fourth-order valence-corrected chi connectivity index (χ4v) is 1.47. The first-order valence-corrected chi connectivity index (χ1v) is 5.52. The summed E-state index contributed by atoms with van der Waals surface area (Å²) in [5.74, 6) is -0.333. The van der Waals surface area contributed by atoms with E-state index < -0.39 is 5.54 Å². The second kappa shape index (κ2) is 5.29. The molecule has 0 unspecified atom stereocenters. The van der Waals surface area contributed by atoms with Crippen molar-refractivity contribution in [3.05, 3.63) is 17.5 Å². The Kier molecular flexibility index (Phi) is 4.25. The van der Waals surface area contributed by atoms with E-state index in [-0.39, 0.29) is 19.1 Å². The van der Waals surface area contributed by atoms with E-state index in [4.69, 9.17) is 0 Å². The zero-order valence-corrected chi connectivity index (χ0v) is 10.4. The second-order valence-corrected chi connectivity index (χ2v) is 4.17. The molecule has 0 saturated heterocycles. The molecule has 1 amide bonds. The molecule has 0 aromatic carbocycles. The number of hydrogen-bond donors (Lipinski definition) is 3. The van der Waals surface area contributed by atoms with Crippen LogP contribution >= 0.6 is 0 Å². The number of carbonyl (C=O) groups excluding carboxylic acids is 1. The number of aryl methyl sites for hydroxylation is 1. The lowest BCUT2D eigenvalue weighted by molar-refractivity contribution is 0.0652. The molecule has 0 saturated carbocycles. The number of aliphatic hydroxyl groups excluding tert-OH is 2. The maximum absolute atomic E-state index is 12.0. The summed E-state index contributed by atoms with van der Waals surface area (Å²) in [6.45, 7) is 2.98. The van der Waals surface area contributed by atoms with E-state index in [1.165, 1.54) is 6.20 Å². The molecule has 1 heterocycles. The smallest absolute Gasteiger partial charge is 0.255 e. The minimum atomic E-state index is -0.973. The summed E-state index contributed by atoms with van der Waals surface area (Å²) in [7, 11) is 1.75. The summed E-state index contributed by atoms with van der Waals surface area (Å²) >= 11 is 0. The Bertz CT molecular complexity index is 388. The zero-order valence-electron chi connectivity index (χ0n) is 10.4. The third kappa shape index (κ3) is 2.65. The van der Waals surface area contributed by atoms with Crippen LogP contribution in [0.3, 0.4) is 0 Å². The van der Waals surface area contributed by atoms with Gasteiger partial charge in [0.1, 0.15) is 0 Å².